The zero-order valence-electron chi connectivity index (χ0n) is 10.4. The Kier molecular flexibility index (Phi) is 5.48. The van der Waals surface area contributed by atoms with Gasteiger partial charge < -0.3 is 10.2 Å². The number of pyridine rings is 1. The first-order valence-corrected chi connectivity index (χ1v) is 7.00. The largest absolute Gasteiger partial charge is 0.380 e. The van der Waals surface area contributed by atoms with Crippen molar-refractivity contribution in [3.05, 3.63) is 18.3 Å². The summed E-state index contributed by atoms with van der Waals surface area (Å²) in [5, 5.41) is 0. The Hall–Kier alpha value is -1.22. The van der Waals surface area contributed by atoms with Crippen LogP contribution in [0.25, 0.3) is 0 Å². The van der Waals surface area contributed by atoms with Gasteiger partial charge in [0.1, 0.15) is 10.7 Å². The van der Waals surface area contributed by atoms with Gasteiger partial charge in [-0.1, -0.05) is 0 Å². The summed E-state index contributed by atoms with van der Waals surface area (Å²) in [5.41, 5.74) is 2.33. The number of hydrogen-bond donors (Lipinski definition) is 3. The smallest absolute Gasteiger partial charge is 0.242 e. The number of nitrogens with zero attached hydrogens (tertiary/aromatic N) is 1. The topological polar surface area (TPSA) is 106 Å². The number of nitrogens with one attached hydrogen (secondary N) is 2. The summed E-state index contributed by atoms with van der Waals surface area (Å²) >= 11 is 0. The second kappa shape index (κ2) is 6.64. The summed E-state index contributed by atoms with van der Waals surface area (Å²) in [6, 6.07) is 2.61. The van der Waals surface area contributed by atoms with Gasteiger partial charge >= 0.3 is 0 Å². The molecule has 102 valence electrons. The lowest BCUT2D eigenvalue weighted by Gasteiger charge is -2.13. The molecule has 1 atom stereocenters. The molecule has 8 heteroatoms. The van der Waals surface area contributed by atoms with Crippen molar-refractivity contribution in [1.82, 2.24) is 9.71 Å². The van der Waals surface area contributed by atoms with Crippen LogP contribution in [0.15, 0.2) is 23.2 Å². The highest BCUT2D eigenvalue weighted by atomic mass is 32.2. The first-order chi connectivity index (χ1) is 8.49. The second-order valence-electron chi connectivity index (χ2n) is 3.71. The maximum absolute atomic E-state index is 11.9. The summed E-state index contributed by atoms with van der Waals surface area (Å²) in [5.74, 6) is 5.55. The number of hydrazine groups is 1. The lowest BCUT2D eigenvalue weighted by atomic mass is 10.4. The van der Waals surface area contributed by atoms with Gasteiger partial charge in [0, 0.05) is 18.8 Å². The predicted octanol–water partition coefficient (Wildman–Crippen LogP) is 0.0705. The molecule has 0 bridgehead atoms. The van der Waals surface area contributed by atoms with Crippen LogP contribution in [0.5, 0.6) is 0 Å². The van der Waals surface area contributed by atoms with Crippen LogP contribution in [-0.4, -0.2) is 32.7 Å². The fourth-order valence-electron chi connectivity index (χ4n) is 1.29. The SMILES string of the molecule is CCOCC(C)NS(=O)(=O)c1ccc(NN)nc1. The minimum Gasteiger partial charge on any atom is -0.380 e. The highest BCUT2D eigenvalue weighted by Gasteiger charge is 2.17. The Morgan fingerprint density at radius 2 is 2.22 bits per heavy atom. The van der Waals surface area contributed by atoms with Crippen LogP contribution >= 0.6 is 0 Å². The number of ether oxygens (including phenoxy) is 1. The fourth-order valence-corrected chi connectivity index (χ4v) is 2.46. The van der Waals surface area contributed by atoms with Crippen molar-refractivity contribution in [3.8, 4) is 0 Å². The molecule has 1 unspecified atom stereocenters. The first kappa shape index (κ1) is 14.8. The average molecular weight is 274 g/mol. The predicted molar refractivity (Wildman–Crippen MR) is 68.3 cm³/mol. The van der Waals surface area contributed by atoms with E-state index in [1.807, 2.05) is 6.92 Å². The van der Waals surface area contributed by atoms with Crippen LogP contribution in [-0.2, 0) is 14.8 Å². The Labute approximate surface area is 107 Å². The van der Waals surface area contributed by atoms with Crippen molar-refractivity contribution in [1.29, 1.82) is 0 Å². The molecule has 1 aromatic heterocycles. The van der Waals surface area contributed by atoms with E-state index in [1.54, 1.807) is 6.92 Å². The monoisotopic (exact) mass is 274 g/mol. The number of nitrogen functional groups attached to an aromatic ring is 1. The van der Waals surface area contributed by atoms with Crippen LogP contribution in [0, 0.1) is 0 Å². The molecule has 1 heterocycles. The molecule has 7 nitrogen and oxygen atoms in total. The minimum atomic E-state index is -3.58. The standard InChI is InChI=1S/C10H18N4O3S/c1-3-17-7-8(2)14-18(15,16)9-4-5-10(13-11)12-6-9/h4-6,8,14H,3,7,11H2,1-2H3,(H,12,13). The number of hydrogen-bond acceptors (Lipinski definition) is 6. The molecule has 0 amide bonds. The summed E-state index contributed by atoms with van der Waals surface area (Å²) in [7, 11) is -3.58. The molecule has 0 spiro atoms. The van der Waals surface area contributed by atoms with Gasteiger partial charge in [-0.15, -0.1) is 0 Å². The van der Waals surface area contributed by atoms with Crippen LogP contribution in [0.4, 0.5) is 5.82 Å². The molecule has 18 heavy (non-hydrogen) atoms. The number of aromatic nitrogens is 1. The third-order valence-corrected chi connectivity index (χ3v) is 3.70. The van der Waals surface area contributed by atoms with Crippen LogP contribution in [0.3, 0.4) is 0 Å². The van der Waals surface area contributed by atoms with E-state index in [4.69, 9.17) is 10.6 Å². The molecule has 0 radical (unpaired) electrons. The molecular weight excluding hydrogens is 256 g/mol. The van der Waals surface area contributed by atoms with Gasteiger partial charge in [0.25, 0.3) is 0 Å². The van der Waals surface area contributed by atoms with Crippen molar-refractivity contribution in [3.63, 3.8) is 0 Å². The average Bonchev–Trinajstić information content (AvgIpc) is 2.36. The van der Waals surface area contributed by atoms with E-state index in [1.165, 1.54) is 18.3 Å². The number of nitrogens with two attached hydrogens (primary N) is 1. The van der Waals surface area contributed by atoms with Crippen LogP contribution in [0.1, 0.15) is 13.8 Å². The third-order valence-electron chi connectivity index (χ3n) is 2.12. The number of anilines is 1. The molecular formula is C10H18N4O3S. The maximum atomic E-state index is 11.9. The Balaban J connectivity index is 2.73. The zero-order chi connectivity index (χ0) is 13.6. The molecule has 0 aliphatic rings. The maximum Gasteiger partial charge on any atom is 0.242 e. The van der Waals surface area contributed by atoms with Gasteiger partial charge in [-0.2, -0.15) is 0 Å². The van der Waals surface area contributed by atoms with Gasteiger partial charge in [0.2, 0.25) is 10.0 Å². The normalized spacial score (nSPS) is 13.3. The molecule has 0 aromatic carbocycles. The summed E-state index contributed by atoms with van der Waals surface area (Å²) in [4.78, 5) is 3.93. The van der Waals surface area contributed by atoms with E-state index in [-0.39, 0.29) is 10.9 Å². The van der Waals surface area contributed by atoms with Crippen molar-refractivity contribution < 1.29 is 13.2 Å². The number of rotatable bonds is 7. The Bertz CT molecular complexity index is 461. The van der Waals surface area contributed by atoms with Crippen molar-refractivity contribution in [2.45, 2.75) is 24.8 Å². The quantitative estimate of drug-likeness (QED) is 0.480. The molecule has 0 saturated carbocycles. The van der Waals surface area contributed by atoms with E-state index in [9.17, 15) is 8.42 Å². The van der Waals surface area contributed by atoms with Crippen LogP contribution < -0.4 is 16.0 Å². The van der Waals surface area contributed by atoms with E-state index in [0.29, 0.717) is 19.0 Å². The highest BCUT2D eigenvalue weighted by Crippen LogP contribution is 2.10. The molecule has 0 aliphatic carbocycles. The first-order valence-electron chi connectivity index (χ1n) is 5.52. The molecule has 0 aliphatic heterocycles. The van der Waals surface area contributed by atoms with E-state index < -0.39 is 10.0 Å². The molecule has 0 saturated heterocycles. The van der Waals surface area contributed by atoms with Gasteiger partial charge in [0.05, 0.1) is 6.61 Å². The van der Waals surface area contributed by atoms with Crippen molar-refractivity contribution in [2.75, 3.05) is 18.6 Å². The van der Waals surface area contributed by atoms with E-state index >= 15 is 0 Å². The molecule has 1 aromatic rings. The Morgan fingerprint density at radius 1 is 1.50 bits per heavy atom. The van der Waals surface area contributed by atoms with Gasteiger partial charge in [-0.05, 0) is 26.0 Å². The lowest BCUT2D eigenvalue weighted by molar-refractivity contribution is 0.133. The number of sulfonamides is 1. The van der Waals surface area contributed by atoms with Crippen LogP contribution in [0.2, 0.25) is 0 Å². The summed E-state index contributed by atoms with van der Waals surface area (Å²) in [6.07, 6.45) is 1.24. The Morgan fingerprint density at radius 3 is 2.72 bits per heavy atom. The lowest BCUT2D eigenvalue weighted by Crippen LogP contribution is -2.35. The van der Waals surface area contributed by atoms with Crippen molar-refractivity contribution >= 4 is 15.8 Å². The third kappa shape index (κ3) is 4.22. The van der Waals surface area contributed by atoms with Gasteiger partial charge in [0.15, 0.2) is 0 Å². The zero-order valence-corrected chi connectivity index (χ0v) is 11.2. The van der Waals surface area contributed by atoms with Crippen molar-refractivity contribution in [2.24, 2.45) is 5.84 Å². The second-order valence-corrected chi connectivity index (χ2v) is 5.42. The minimum absolute atomic E-state index is 0.0878. The fraction of sp³-hybridized carbons (Fsp3) is 0.500. The van der Waals surface area contributed by atoms with Gasteiger partial charge in [-0.3, -0.25) is 0 Å². The van der Waals surface area contributed by atoms with E-state index in [2.05, 4.69) is 15.1 Å². The summed E-state index contributed by atoms with van der Waals surface area (Å²) in [6.45, 7) is 4.45. The highest BCUT2D eigenvalue weighted by molar-refractivity contribution is 7.89. The molecule has 4 N–H and O–H groups in total. The van der Waals surface area contributed by atoms with Gasteiger partial charge in [-0.25, -0.2) is 24.0 Å². The summed E-state index contributed by atoms with van der Waals surface area (Å²) < 4.78 is 31.5. The molecule has 0 fully saturated rings. The van der Waals surface area contributed by atoms with E-state index in [0.717, 1.165) is 0 Å². The molecule has 1 rings (SSSR count).